The lowest BCUT2D eigenvalue weighted by Crippen LogP contribution is -2.42. The SMILES string of the molecule is CC1(c2cccc(Cl)c2)NC(=O)N(CC(O)COc2ccc(C#N)cc2)C1=O. The van der Waals surface area contributed by atoms with Crippen molar-refractivity contribution < 1.29 is 19.4 Å². The van der Waals surface area contributed by atoms with Crippen molar-refractivity contribution in [3.05, 3.63) is 64.7 Å². The maximum absolute atomic E-state index is 12.8. The van der Waals surface area contributed by atoms with E-state index in [9.17, 15) is 14.7 Å². The van der Waals surface area contributed by atoms with Gasteiger partial charge in [0.2, 0.25) is 0 Å². The van der Waals surface area contributed by atoms with Crippen molar-refractivity contribution in [1.82, 2.24) is 10.2 Å². The summed E-state index contributed by atoms with van der Waals surface area (Å²) in [7, 11) is 0. The second kappa shape index (κ2) is 7.89. The van der Waals surface area contributed by atoms with Gasteiger partial charge in [-0.05, 0) is 48.9 Å². The van der Waals surface area contributed by atoms with E-state index in [4.69, 9.17) is 21.6 Å². The average molecular weight is 400 g/mol. The first-order valence-electron chi connectivity index (χ1n) is 8.54. The van der Waals surface area contributed by atoms with Gasteiger partial charge in [0.1, 0.15) is 24.0 Å². The summed E-state index contributed by atoms with van der Waals surface area (Å²) in [6, 6.07) is 14.5. The molecular formula is C20H18ClN3O4. The number of urea groups is 1. The van der Waals surface area contributed by atoms with Gasteiger partial charge in [-0.3, -0.25) is 9.69 Å². The van der Waals surface area contributed by atoms with Crippen LogP contribution in [0.2, 0.25) is 5.02 Å². The highest BCUT2D eigenvalue weighted by Crippen LogP contribution is 2.30. The number of rotatable bonds is 6. The van der Waals surface area contributed by atoms with Crippen molar-refractivity contribution in [2.75, 3.05) is 13.2 Å². The number of β-amino-alcohol motifs (C(OH)–C–C–N with tert-alkyl or cyclic N) is 1. The molecule has 144 valence electrons. The molecule has 0 aromatic heterocycles. The summed E-state index contributed by atoms with van der Waals surface area (Å²) in [5.74, 6) is -0.00351. The third-order valence-corrected chi connectivity index (χ3v) is 4.73. The lowest BCUT2D eigenvalue weighted by atomic mass is 9.92. The maximum Gasteiger partial charge on any atom is 0.325 e. The Labute approximate surface area is 167 Å². The third kappa shape index (κ3) is 3.93. The Bertz CT molecular complexity index is 941. The number of carbonyl (C=O) groups excluding carboxylic acids is 2. The average Bonchev–Trinajstić information content (AvgIpc) is 2.91. The number of nitrogens with one attached hydrogen (secondary N) is 1. The summed E-state index contributed by atoms with van der Waals surface area (Å²) in [6.45, 7) is 1.27. The van der Waals surface area contributed by atoms with Gasteiger partial charge in [0.25, 0.3) is 5.91 Å². The molecule has 0 aliphatic carbocycles. The second-order valence-corrected chi connectivity index (χ2v) is 7.02. The Balaban J connectivity index is 1.64. The van der Waals surface area contributed by atoms with Gasteiger partial charge >= 0.3 is 6.03 Å². The summed E-state index contributed by atoms with van der Waals surface area (Å²) < 4.78 is 5.45. The van der Waals surface area contributed by atoms with E-state index in [1.165, 1.54) is 0 Å². The van der Waals surface area contributed by atoms with Crippen molar-refractivity contribution >= 4 is 23.5 Å². The van der Waals surface area contributed by atoms with Gasteiger partial charge in [-0.15, -0.1) is 0 Å². The number of amides is 3. The summed E-state index contributed by atoms with van der Waals surface area (Å²) in [5.41, 5.74) is -0.202. The number of nitriles is 1. The van der Waals surface area contributed by atoms with Crippen LogP contribution >= 0.6 is 11.6 Å². The predicted molar refractivity (Wildman–Crippen MR) is 102 cm³/mol. The number of nitrogens with zero attached hydrogens (tertiary/aromatic N) is 2. The zero-order valence-corrected chi connectivity index (χ0v) is 15.8. The summed E-state index contributed by atoms with van der Waals surface area (Å²) in [6.07, 6.45) is -1.08. The highest BCUT2D eigenvalue weighted by atomic mass is 35.5. The molecule has 3 amide bonds. The maximum atomic E-state index is 12.8. The molecule has 2 unspecified atom stereocenters. The van der Waals surface area contributed by atoms with Crippen molar-refractivity contribution in [2.45, 2.75) is 18.6 Å². The van der Waals surface area contributed by atoms with E-state index in [1.807, 2.05) is 6.07 Å². The third-order valence-electron chi connectivity index (χ3n) is 4.50. The molecule has 1 aliphatic heterocycles. The van der Waals surface area contributed by atoms with Crippen LogP contribution in [0.4, 0.5) is 4.79 Å². The molecule has 0 radical (unpaired) electrons. The molecule has 3 rings (SSSR count). The molecule has 7 nitrogen and oxygen atoms in total. The number of imide groups is 1. The summed E-state index contributed by atoms with van der Waals surface area (Å²) >= 11 is 6.00. The summed E-state index contributed by atoms with van der Waals surface area (Å²) in [4.78, 5) is 26.1. The quantitative estimate of drug-likeness (QED) is 0.726. The van der Waals surface area contributed by atoms with Crippen LogP contribution in [0, 0.1) is 11.3 Å². The van der Waals surface area contributed by atoms with Crippen LogP contribution in [0.15, 0.2) is 48.5 Å². The molecule has 8 heteroatoms. The van der Waals surface area contributed by atoms with E-state index < -0.39 is 23.6 Å². The topological polar surface area (TPSA) is 103 Å². The largest absolute Gasteiger partial charge is 0.491 e. The van der Waals surface area contributed by atoms with Crippen molar-refractivity contribution in [1.29, 1.82) is 5.26 Å². The van der Waals surface area contributed by atoms with E-state index in [0.717, 1.165) is 4.90 Å². The first-order chi connectivity index (χ1) is 13.3. The van der Waals surface area contributed by atoms with Crippen LogP contribution in [0.25, 0.3) is 0 Å². The molecule has 0 bridgehead atoms. The van der Waals surface area contributed by atoms with Crippen LogP contribution in [0.3, 0.4) is 0 Å². The van der Waals surface area contributed by atoms with E-state index in [2.05, 4.69) is 5.32 Å². The van der Waals surface area contributed by atoms with Crippen LogP contribution in [-0.4, -0.2) is 41.2 Å². The Morgan fingerprint density at radius 3 is 2.64 bits per heavy atom. The minimum Gasteiger partial charge on any atom is -0.491 e. The summed E-state index contributed by atoms with van der Waals surface area (Å²) in [5, 5.41) is 22.1. The van der Waals surface area contributed by atoms with Gasteiger partial charge in [0, 0.05) is 5.02 Å². The lowest BCUT2D eigenvalue weighted by molar-refractivity contribution is -0.132. The highest BCUT2D eigenvalue weighted by molar-refractivity contribution is 6.30. The van der Waals surface area contributed by atoms with Gasteiger partial charge in [-0.1, -0.05) is 23.7 Å². The van der Waals surface area contributed by atoms with Gasteiger partial charge in [0.05, 0.1) is 18.2 Å². The molecule has 1 heterocycles. The first kappa shape index (κ1) is 19.7. The van der Waals surface area contributed by atoms with E-state index in [-0.39, 0.29) is 13.2 Å². The predicted octanol–water partition coefficient (Wildman–Crippen LogP) is 2.42. The van der Waals surface area contributed by atoms with E-state index in [1.54, 1.807) is 55.5 Å². The molecule has 1 aliphatic rings. The molecule has 0 saturated carbocycles. The minimum atomic E-state index is -1.25. The number of ether oxygens (including phenoxy) is 1. The molecule has 28 heavy (non-hydrogen) atoms. The first-order valence-corrected chi connectivity index (χ1v) is 8.92. The number of hydrogen-bond donors (Lipinski definition) is 2. The van der Waals surface area contributed by atoms with Crippen LogP contribution in [0.1, 0.15) is 18.1 Å². The van der Waals surface area contributed by atoms with Gasteiger partial charge in [0.15, 0.2) is 0 Å². The zero-order chi connectivity index (χ0) is 20.3. The smallest absolute Gasteiger partial charge is 0.325 e. The normalized spacial score (nSPS) is 19.9. The molecule has 2 atom stereocenters. The van der Waals surface area contributed by atoms with Crippen LogP contribution in [-0.2, 0) is 10.3 Å². The van der Waals surface area contributed by atoms with E-state index in [0.29, 0.717) is 21.9 Å². The number of aliphatic hydroxyl groups excluding tert-OH is 1. The molecule has 1 fully saturated rings. The van der Waals surface area contributed by atoms with Crippen molar-refractivity contribution in [3.8, 4) is 11.8 Å². The van der Waals surface area contributed by atoms with Gasteiger partial charge < -0.3 is 15.2 Å². The van der Waals surface area contributed by atoms with Crippen molar-refractivity contribution in [2.24, 2.45) is 0 Å². The molecule has 2 aromatic carbocycles. The van der Waals surface area contributed by atoms with Gasteiger partial charge in [-0.2, -0.15) is 5.26 Å². The van der Waals surface area contributed by atoms with Crippen LogP contribution < -0.4 is 10.1 Å². The fourth-order valence-corrected chi connectivity index (χ4v) is 3.13. The number of carbonyl (C=O) groups is 2. The Morgan fingerprint density at radius 2 is 2.00 bits per heavy atom. The Morgan fingerprint density at radius 1 is 1.29 bits per heavy atom. The number of aliphatic hydroxyl groups is 1. The number of benzene rings is 2. The molecule has 2 N–H and O–H groups in total. The number of halogens is 1. The molecular weight excluding hydrogens is 382 g/mol. The molecule has 0 spiro atoms. The molecule has 2 aromatic rings. The number of hydrogen-bond acceptors (Lipinski definition) is 5. The monoisotopic (exact) mass is 399 g/mol. The second-order valence-electron chi connectivity index (χ2n) is 6.58. The van der Waals surface area contributed by atoms with Crippen LogP contribution in [0.5, 0.6) is 5.75 Å². The minimum absolute atomic E-state index is 0.114. The van der Waals surface area contributed by atoms with E-state index >= 15 is 0 Å². The van der Waals surface area contributed by atoms with Crippen molar-refractivity contribution in [3.63, 3.8) is 0 Å². The lowest BCUT2D eigenvalue weighted by Gasteiger charge is -2.23. The standard InChI is InChI=1S/C20H18ClN3O4/c1-20(14-3-2-4-15(21)9-14)18(26)24(19(27)23-20)11-16(25)12-28-17-7-5-13(10-22)6-8-17/h2-9,16,25H,11-12H2,1H3,(H,23,27). The zero-order valence-electron chi connectivity index (χ0n) is 15.1. The Kier molecular flexibility index (Phi) is 5.54. The molecule has 1 saturated heterocycles. The highest BCUT2D eigenvalue weighted by Gasteiger charge is 2.49. The van der Waals surface area contributed by atoms with Gasteiger partial charge in [-0.25, -0.2) is 4.79 Å². The Hall–Kier alpha value is -3.08. The fraction of sp³-hybridized carbons (Fsp3) is 0.250. The fourth-order valence-electron chi connectivity index (χ4n) is 2.94.